The van der Waals surface area contributed by atoms with E-state index in [-0.39, 0.29) is 44.9 Å². The van der Waals surface area contributed by atoms with Crippen molar-refractivity contribution in [2.24, 2.45) is 17.3 Å². The molecule has 0 saturated carbocycles. The Hall–Kier alpha value is -0.819. The van der Waals surface area contributed by atoms with Gasteiger partial charge in [-0.15, -0.1) is 0 Å². The summed E-state index contributed by atoms with van der Waals surface area (Å²) in [7, 11) is -4.66. The summed E-state index contributed by atoms with van der Waals surface area (Å²) in [6.07, 6.45) is 2.07. The lowest BCUT2D eigenvalue weighted by Gasteiger charge is -2.47. The van der Waals surface area contributed by atoms with Gasteiger partial charge in [0, 0.05) is 24.5 Å². The molecule has 6 nitrogen and oxygen atoms in total. The summed E-state index contributed by atoms with van der Waals surface area (Å²) in [5.74, 6) is 0.964. The quantitative estimate of drug-likeness (QED) is 0.0976. The molecule has 9 heteroatoms. The van der Waals surface area contributed by atoms with Crippen molar-refractivity contribution in [3.05, 3.63) is 29.8 Å². The molecule has 0 N–H and O–H groups in total. The van der Waals surface area contributed by atoms with Crippen molar-refractivity contribution in [1.82, 2.24) is 0 Å². The highest BCUT2D eigenvalue weighted by Gasteiger charge is 2.49. The lowest BCUT2D eigenvalue weighted by molar-refractivity contribution is -0.141. The zero-order valence-corrected chi connectivity index (χ0v) is 39.3. The largest absolute Gasteiger partial charge is 0.497 e. The fraction of sp³-hybridized carbons (Fsp3) is 0.829. The van der Waals surface area contributed by atoms with Gasteiger partial charge in [0.05, 0.1) is 25.9 Å². The molecule has 0 aromatic heterocycles. The fourth-order valence-electron chi connectivity index (χ4n) is 5.44. The van der Waals surface area contributed by atoms with E-state index in [0.29, 0.717) is 26.2 Å². The molecule has 50 heavy (non-hydrogen) atoms. The van der Waals surface area contributed by atoms with E-state index in [2.05, 4.69) is 129 Å². The van der Waals surface area contributed by atoms with Crippen LogP contribution in [0.2, 0.25) is 54.4 Å². The van der Waals surface area contributed by atoms with Crippen molar-refractivity contribution in [3.63, 3.8) is 0 Å². The third-order valence-corrected chi connectivity index (χ3v) is 25.9. The number of carbonyl (C=O) groups is 1. The van der Waals surface area contributed by atoms with Crippen molar-refractivity contribution >= 4 is 30.7 Å². The molecule has 1 aromatic carbocycles. The van der Waals surface area contributed by atoms with Crippen molar-refractivity contribution in [3.8, 4) is 5.75 Å². The predicted octanol–water partition coefficient (Wildman–Crippen LogP) is 12.1. The molecule has 1 aromatic rings. The van der Waals surface area contributed by atoms with Crippen molar-refractivity contribution < 1.29 is 27.5 Å². The maximum atomic E-state index is 14.9. The minimum Gasteiger partial charge on any atom is -0.497 e. The van der Waals surface area contributed by atoms with Crippen LogP contribution in [0, 0.1) is 17.3 Å². The Morgan fingerprint density at radius 2 is 1.16 bits per heavy atom. The molecular formula is C41H80O6Si3. The highest BCUT2D eigenvalue weighted by atomic mass is 28.4. The maximum absolute atomic E-state index is 14.9. The first-order valence-electron chi connectivity index (χ1n) is 19.2. The predicted molar refractivity (Wildman–Crippen MR) is 221 cm³/mol. The number of hydrogen-bond donors (Lipinski definition) is 0. The molecule has 0 aliphatic rings. The maximum Gasteiger partial charge on any atom is 0.192 e. The topological polar surface area (TPSA) is 63.2 Å². The van der Waals surface area contributed by atoms with Gasteiger partial charge in [0.15, 0.2) is 25.0 Å². The Morgan fingerprint density at radius 3 is 1.62 bits per heavy atom. The molecule has 1 rings (SSSR count). The molecule has 0 unspecified atom stereocenters. The van der Waals surface area contributed by atoms with Crippen LogP contribution in [-0.2, 0) is 29.4 Å². The van der Waals surface area contributed by atoms with E-state index in [9.17, 15) is 4.79 Å². The second-order valence-corrected chi connectivity index (χ2v) is 34.3. The lowest BCUT2D eigenvalue weighted by atomic mass is 9.73. The molecule has 0 heterocycles. The second-order valence-electron chi connectivity index (χ2n) is 20.0. The molecule has 0 amide bonds. The molecule has 0 aliphatic carbocycles. The summed E-state index contributed by atoms with van der Waals surface area (Å²) >= 11 is 0. The Morgan fingerprint density at radius 1 is 0.680 bits per heavy atom. The Labute approximate surface area is 312 Å². The van der Waals surface area contributed by atoms with E-state index in [1.165, 1.54) is 0 Å². The van der Waals surface area contributed by atoms with Gasteiger partial charge in [0.1, 0.15) is 11.5 Å². The summed E-state index contributed by atoms with van der Waals surface area (Å²) in [6.45, 7) is 44.6. The highest BCUT2D eigenvalue weighted by molar-refractivity contribution is 6.75. The molecule has 0 bridgehead atoms. The molecule has 0 fully saturated rings. The number of ether oxygens (including phenoxy) is 2. The van der Waals surface area contributed by atoms with Crippen LogP contribution in [0.1, 0.15) is 115 Å². The zero-order valence-electron chi connectivity index (χ0n) is 36.3. The fourth-order valence-corrected chi connectivity index (χ4v) is 9.45. The average molecular weight is 753 g/mol. The smallest absolute Gasteiger partial charge is 0.192 e. The molecule has 0 saturated heterocycles. The van der Waals surface area contributed by atoms with Crippen LogP contribution in [0.15, 0.2) is 24.3 Å². The number of rotatable bonds is 20. The number of Topliss-reactive ketones (excluding diaryl/α,β-unsaturated/α-hetero) is 1. The van der Waals surface area contributed by atoms with Crippen molar-refractivity contribution in [2.75, 3.05) is 20.3 Å². The van der Waals surface area contributed by atoms with Gasteiger partial charge < -0.3 is 22.8 Å². The number of methoxy groups -OCH3 is 1. The first-order valence-corrected chi connectivity index (χ1v) is 27.9. The second kappa shape index (κ2) is 18.0. The molecule has 0 aliphatic heterocycles. The van der Waals surface area contributed by atoms with Gasteiger partial charge in [0.2, 0.25) is 0 Å². The Balaban J connectivity index is 3.30. The monoisotopic (exact) mass is 753 g/mol. The van der Waals surface area contributed by atoms with Gasteiger partial charge in [-0.2, -0.15) is 0 Å². The van der Waals surface area contributed by atoms with Crippen LogP contribution in [0.5, 0.6) is 5.75 Å². The molecule has 0 spiro atoms. The normalized spacial score (nSPS) is 16.6. The number of benzene rings is 1. The SMILES string of the molecule is COc1ccc(COCCC[C@H](C)[C@H](O[Si](C)(C)C(C)(C)C)[C@@H](C)C(=O)C(C)(C)[C@H](CCO[Si](C)(C)C(C)(C)C)O[Si](C)(C)C(C)(C)C)cc1. The van der Waals surface area contributed by atoms with Gasteiger partial charge in [-0.3, -0.25) is 4.79 Å². The third kappa shape index (κ3) is 13.2. The first-order chi connectivity index (χ1) is 22.4. The number of ketones is 1. The highest BCUT2D eigenvalue weighted by Crippen LogP contribution is 2.44. The van der Waals surface area contributed by atoms with E-state index >= 15 is 0 Å². The van der Waals surface area contributed by atoms with Gasteiger partial charge in [-0.05, 0) is 97.3 Å². The zero-order chi connectivity index (χ0) is 39.1. The van der Waals surface area contributed by atoms with E-state index in [1.807, 2.05) is 24.3 Å². The summed E-state index contributed by atoms with van der Waals surface area (Å²) in [4.78, 5) is 14.9. The Kier molecular flexibility index (Phi) is 17.0. The minimum atomic E-state index is -2.20. The summed E-state index contributed by atoms with van der Waals surface area (Å²) in [5, 5.41) is 0.168. The van der Waals surface area contributed by atoms with E-state index in [1.54, 1.807) is 7.11 Å². The van der Waals surface area contributed by atoms with Gasteiger partial charge in [0.25, 0.3) is 0 Å². The summed E-state index contributed by atoms with van der Waals surface area (Å²) in [5.41, 5.74) is 0.408. The summed E-state index contributed by atoms with van der Waals surface area (Å²) in [6, 6.07) is 8.02. The van der Waals surface area contributed by atoms with Crippen LogP contribution in [0.3, 0.4) is 0 Å². The minimum absolute atomic E-state index is 0.0220. The van der Waals surface area contributed by atoms with Crippen LogP contribution in [-0.4, -0.2) is 63.3 Å². The number of carbonyl (C=O) groups excluding carboxylic acids is 1. The standard InChI is InChI=1S/C41H80O6Si3/c1-31(22-21-28-44-30-33-23-25-34(43-14)26-24-33)36(47-50(19,20)40(9,10)11)32(2)37(42)41(12,13)35(46-49(17,18)39(6,7)8)27-29-45-48(15,16)38(3,4)5/h23-26,31-32,35-36H,21-22,27-30H2,1-20H3/t31-,32+,35-,36-/m0/s1. The molecule has 292 valence electrons. The average Bonchev–Trinajstić information content (AvgIpc) is 2.96. The van der Waals surface area contributed by atoms with E-state index in [4.69, 9.17) is 22.8 Å². The van der Waals surface area contributed by atoms with Gasteiger partial charge in [-0.1, -0.05) is 102 Å². The molecule has 0 radical (unpaired) electrons. The summed E-state index contributed by atoms with van der Waals surface area (Å²) < 4.78 is 32.4. The van der Waals surface area contributed by atoms with Gasteiger partial charge in [-0.25, -0.2) is 0 Å². The first kappa shape index (κ1) is 47.2. The van der Waals surface area contributed by atoms with E-state index < -0.39 is 30.4 Å². The van der Waals surface area contributed by atoms with Crippen molar-refractivity contribution in [2.45, 2.75) is 182 Å². The lowest BCUT2D eigenvalue weighted by Crippen LogP contribution is -2.54. The van der Waals surface area contributed by atoms with Crippen LogP contribution < -0.4 is 4.74 Å². The Bertz CT molecular complexity index is 1170. The number of hydrogen-bond acceptors (Lipinski definition) is 6. The van der Waals surface area contributed by atoms with Gasteiger partial charge >= 0.3 is 0 Å². The van der Waals surface area contributed by atoms with Crippen LogP contribution in [0.4, 0.5) is 0 Å². The van der Waals surface area contributed by atoms with Crippen LogP contribution in [0.25, 0.3) is 0 Å². The van der Waals surface area contributed by atoms with E-state index in [0.717, 1.165) is 24.2 Å². The van der Waals surface area contributed by atoms with Crippen LogP contribution >= 0.6 is 0 Å². The molecular weight excluding hydrogens is 673 g/mol. The van der Waals surface area contributed by atoms with Crippen molar-refractivity contribution in [1.29, 1.82) is 0 Å². The third-order valence-electron chi connectivity index (χ3n) is 12.4. The molecule has 4 atom stereocenters.